The SMILES string of the molecule is CCCCN(CCCC)C1=C(N(CCCC)CCCC)c2nc1nc1[n-]c(nc3nc(nc4[n-]c(n2)c(N(CCCC)CCCC)c4N(CCCC)CCCC)C(N(CCCC)CCCC)=C3N(CCCC)CCCC)c(N(CCCC)CCCC)c1N(CCCC)CCCC.[Mg+2]. The second-order valence-corrected chi connectivity index (χ2v) is 27.8. The van der Waals surface area contributed by atoms with Crippen LogP contribution in [-0.4, -0.2) is 177 Å². The van der Waals surface area contributed by atoms with Crippen molar-refractivity contribution in [1.82, 2.24) is 59.5 Å². The molecule has 5 heterocycles. The van der Waals surface area contributed by atoms with Gasteiger partial charge in [0.25, 0.3) is 0 Å². The first-order chi connectivity index (χ1) is 47.0. The Bertz CT molecular complexity index is 2410. The van der Waals surface area contributed by atoms with E-state index in [9.17, 15) is 0 Å². The molecule has 2 aliphatic rings. The van der Waals surface area contributed by atoms with E-state index in [-0.39, 0.29) is 23.1 Å². The first-order valence-corrected chi connectivity index (χ1v) is 40.7. The molecule has 0 saturated heterocycles. The van der Waals surface area contributed by atoms with Gasteiger partial charge in [-0.3, -0.25) is 0 Å². The molecule has 0 aromatic carbocycles. The predicted octanol–water partition coefficient (Wildman–Crippen LogP) is 19.7. The maximum absolute atomic E-state index is 6.18. The summed E-state index contributed by atoms with van der Waals surface area (Å²) in [7, 11) is 0. The molecule has 546 valence electrons. The minimum Gasteiger partial charge on any atom is -0.369 e. The number of rotatable bonds is 56. The fourth-order valence-corrected chi connectivity index (χ4v) is 13.3. The quantitative estimate of drug-likeness (QED) is 0.0496. The van der Waals surface area contributed by atoms with E-state index >= 15 is 0 Å². The summed E-state index contributed by atoms with van der Waals surface area (Å²) in [6.07, 6.45) is 34.3. The average Bonchev–Trinajstić information content (AvgIpc) is 1.60. The van der Waals surface area contributed by atoms with Crippen molar-refractivity contribution in [3.05, 3.63) is 23.3 Å². The van der Waals surface area contributed by atoms with Crippen molar-refractivity contribution in [2.75, 3.05) is 124 Å². The zero-order chi connectivity index (χ0) is 69.5. The Hall–Kier alpha value is -4.51. The molecule has 0 radical (unpaired) electrons. The standard InChI is InChI=1S/C80H144N16.Mg/c1-17-33-49-89(50-34-18-2)65-66(90(51-35-19-3)52-36-20-4)74-81-73(65)85-75-67(91(53-37-21-5)54-38-22-6)68(92(55-39-23-7)56-40-24-8)77(82-75)87-79-71(95(61-45-29-13)62-46-30-14)72(96(63-47-31-15)64-48-32-16)80(84-79)88-78-70(94(59-43-27-11)60-44-28-12)69(76(83-78)86-74)93(57-41-25-9)58-42-26-10;/h17-64H2,1-16H3;/q-2;+2. The van der Waals surface area contributed by atoms with Crippen LogP contribution in [0.25, 0.3) is 45.4 Å². The Morgan fingerprint density at radius 3 is 0.433 bits per heavy atom. The Labute approximate surface area is 610 Å². The first kappa shape index (κ1) is 84.9. The summed E-state index contributed by atoms with van der Waals surface area (Å²) in [6.45, 7) is 51.7. The smallest absolute Gasteiger partial charge is 0.369 e. The van der Waals surface area contributed by atoms with Crippen molar-refractivity contribution in [3.8, 4) is 0 Å². The topological polar surface area (TPSA) is 131 Å². The number of fused-ring (bicyclic) bond motifs is 8. The molecule has 97 heavy (non-hydrogen) atoms. The van der Waals surface area contributed by atoms with E-state index in [1.54, 1.807) is 0 Å². The fourth-order valence-electron chi connectivity index (χ4n) is 13.3. The average molecular weight is 1350 g/mol. The molecule has 8 bridgehead atoms. The van der Waals surface area contributed by atoms with Crippen LogP contribution in [0.3, 0.4) is 0 Å². The van der Waals surface area contributed by atoms with E-state index in [1.165, 1.54) is 0 Å². The van der Waals surface area contributed by atoms with E-state index in [4.69, 9.17) is 39.9 Å². The molecule has 16 nitrogen and oxygen atoms in total. The van der Waals surface area contributed by atoms with E-state index in [0.29, 0.717) is 45.9 Å². The van der Waals surface area contributed by atoms with E-state index in [2.05, 4.69) is 150 Å². The van der Waals surface area contributed by atoms with Gasteiger partial charge >= 0.3 is 23.1 Å². The van der Waals surface area contributed by atoms with Crippen LogP contribution in [0.15, 0.2) is 0 Å². The van der Waals surface area contributed by atoms with Crippen molar-refractivity contribution >= 4 is 91.2 Å². The molecule has 17 heteroatoms. The zero-order valence-corrected chi connectivity index (χ0v) is 67.2. The van der Waals surface area contributed by atoms with Gasteiger partial charge in [-0.15, -0.1) is 0 Å². The van der Waals surface area contributed by atoms with E-state index < -0.39 is 0 Å². The van der Waals surface area contributed by atoms with Crippen LogP contribution in [0.2, 0.25) is 0 Å². The largest absolute Gasteiger partial charge is 2.00 e. The van der Waals surface area contributed by atoms with Gasteiger partial charge in [-0.25, -0.2) is 9.97 Å². The third-order valence-corrected chi connectivity index (χ3v) is 19.3. The molecule has 2 aliphatic heterocycles. The molecular weight excluding hydrogens is 1210 g/mol. The molecule has 0 amide bonds. The summed E-state index contributed by atoms with van der Waals surface area (Å²) >= 11 is 0. The second-order valence-electron chi connectivity index (χ2n) is 27.8. The van der Waals surface area contributed by atoms with Gasteiger partial charge in [-0.1, -0.05) is 214 Å². The molecule has 0 saturated carbocycles. The summed E-state index contributed by atoms with van der Waals surface area (Å²) in [5, 5.41) is 0. The number of anilines is 4. The summed E-state index contributed by atoms with van der Waals surface area (Å²) in [5.41, 5.74) is 11.6. The Balaban J connectivity index is 0.0000200. The minimum atomic E-state index is 0. The van der Waals surface area contributed by atoms with Gasteiger partial charge in [-0.2, -0.15) is 0 Å². The van der Waals surface area contributed by atoms with E-state index in [0.717, 1.165) is 356 Å². The summed E-state index contributed by atoms with van der Waals surface area (Å²) in [4.78, 5) is 70.2. The first-order valence-electron chi connectivity index (χ1n) is 40.7. The number of nitrogens with zero attached hydrogens (tertiary/aromatic N) is 16. The molecule has 0 aliphatic carbocycles. The fraction of sp³-hybridized carbons (Fsp3) is 0.800. The van der Waals surface area contributed by atoms with Gasteiger partial charge in [0, 0.05) is 127 Å². The molecule has 0 unspecified atom stereocenters. The van der Waals surface area contributed by atoms with Crippen LogP contribution in [0.1, 0.15) is 340 Å². The predicted molar refractivity (Wildman–Crippen MR) is 423 cm³/mol. The van der Waals surface area contributed by atoms with Gasteiger partial charge in [-0.05, 0) is 103 Å². The molecule has 5 rings (SSSR count). The Morgan fingerprint density at radius 1 is 0.186 bits per heavy atom. The second kappa shape index (κ2) is 49.1. The van der Waals surface area contributed by atoms with Gasteiger partial charge in [0.15, 0.2) is 0 Å². The van der Waals surface area contributed by atoms with Crippen molar-refractivity contribution < 1.29 is 0 Å². The number of unbranched alkanes of at least 4 members (excludes halogenated alkanes) is 16. The summed E-state index contributed by atoms with van der Waals surface area (Å²) in [5.74, 6) is 2.84. The maximum Gasteiger partial charge on any atom is 2.00 e. The molecule has 0 atom stereocenters. The van der Waals surface area contributed by atoms with Gasteiger partial charge in [0.1, 0.15) is 23.3 Å². The van der Waals surface area contributed by atoms with E-state index in [1.807, 2.05) is 0 Å². The Morgan fingerprint density at radius 2 is 0.309 bits per heavy atom. The minimum absolute atomic E-state index is 0. The van der Waals surface area contributed by atoms with Crippen LogP contribution >= 0.6 is 0 Å². The van der Waals surface area contributed by atoms with Crippen molar-refractivity contribution in [2.24, 2.45) is 0 Å². The van der Waals surface area contributed by atoms with Crippen molar-refractivity contribution in [3.63, 3.8) is 0 Å². The van der Waals surface area contributed by atoms with Gasteiger partial charge < -0.3 is 69.1 Å². The Kier molecular flexibility index (Phi) is 43.0. The molecule has 0 N–H and O–H groups in total. The van der Waals surface area contributed by atoms with Crippen LogP contribution in [0.4, 0.5) is 22.7 Å². The molecule has 3 aromatic rings. The third-order valence-electron chi connectivity index (χ3n) is 19.3. The molecule has 0 spiro atoms. The van der Waals surface area contributed by atoms with Gasteiger partial charge in [0.2, 0.25) is 0 Å². The van der Waals surface area contributed by atoms with Crippen LogP contribution in [0, 0.1) is 0 Å². The third kappa shape index (κ3) is 24.9. The zero-order valence-electron chi connectivity index (χ0n) is 65.8. The van der Waals surface area contributed by atoms with Crippen molar-refractivity contribution in [1.29, 1.82) is 0 Å². The van der Waals surface area contributed by atoms with Crippen LogP contribution in [-0.2, 0) is 0 Å². The number of hydrogen-bond donors (Lipinski definition) is 0. The maximum atomic E-state index is 6.18. The van der Waals surface area contributed by atoms with Crippen LogP contribution in [0.5, 0.6) is 0 Å². The van der Waals surface area contributed by atoms with Crippen molar-refractivity contribution in [2.45, 2.75) is 316 Å². The molecule has 0 fully saturated rings. The normalized spacial score (nSPS) is 12.3. The number of hydrogen-bond acceptors (Lipinski definition) is 14. The van der Waals surface area contributed by atoms with Gasteiger partial charge in [0.05, 0.1) is 45.5 Å². The molecule has 3 aromatic heterocycles. The molecular formula is C80H144MgN16. The monoisotopic (exact) mass is 1350 g/mol. The summed E-state index contributed by atoms with van der Waals surface area (Å²) in [6, 6.07) is 0. The number of aromatic nitrogens is 8. The summed E-state index contributed by atoms with van der Waals surface area (Å²) < 4.78 is 0. The van der Waals surface area contributed by atoms with Crippen LogP contribution < -0.4 is 29.6 Å².